The molecule has 0 aliphatic carbocycles. The van der Waals surface area contributed by atoms with Crippen molar-refractivity contribution in [2.45, 2.75) is 31.8 Å². The van der Waals surface area contributed by atoms with Crippen molar-refractivity contribution in [3.8, 4) is 0 Å². The molecule has 4 amide bonds. The highest BCUT2D eigenvalue weighted by Crippen LogP contribution is 2.24. The quantitative estimate of drug-likeness (QED) is 0.648. The first kappa shape index (κ1) is 14.3. The number of nitrogens with one attached hydrogen (secondary N) is 1. The van der Waals surface area contributed by atoms with Crippen molar-refractivity contribution in [1.29, 1.82) is 0 Å². The highest BCUT2D eigenvalue weighted by Gasteiger charge is 2.41. The van der Waals surface area contributed by atoms with Gasteiger partial charge in [-0.3, -0.25) is 19.3 Å². The van der Waals surface area contributed by atoms with Gasteiger partial charge in [-0.25, -0.2) is 4.79 Å². The Labute approximate surface area is 115 Å². The van der Waals surface area contributed by atoms with Crippen LogP contribution in [0.3, 0.4) is 0 Å². The Morgan fingerprint density at radius 2 is 2.00 bits per heavy atom. The molecule has 2 aliphatic heterocycles. The Hall–Kier alpha value is -2.12. The number of likely N-dealkylation sites (N-methyl/N-ethyl adjacent to an activating group) is 1. The zero-order valence-corrected chi connectivity index (χ0v) is 11.3. The highest BCUT2D eigenvalue weighted by molar-refractivity contribution is 6.06. The number of imide groups is 1. The number of carboxylic acids is 1. The Morgan fingerprint density at radius 1 is 1.35 bits per heavy atom. The van der Waals surface area contributed by atoms with Crippen molar-refractivity contribution in [2.75, 3.05) is 13.6 Å². The van der Waals surface area contributed by atoms with E-state index in [9.17, 15) is 19.2 Å². The Bertz CT molecular complexity index is 478. The number of likely N-dealkylation sites (tertiary alicyclic amines) is 2. The summed E-state index contributed by atoms with van der Waals surface area (Å²) in [4.78, 5) is 48.5. The van der Waals surface area contributed by atoms with Gasteiger partial charge in [-0.15, -0.1) is 0 Å². The number of carbonyl (C=O) groups excluding carboxylic acids is 3. The van der Waals surface area contributed by atoms with Crippen LogP contribution in [0.1, 0.15) is 19.8 Å². The SMILES string of the molecule is CC1C(C(=O)O)CCN1C(=O)NC1CC(=O)N(C)C1=O. The molecule has 2 fully saturated rings. The molecule has 0 aromatic carbocycles. The molecule has 0 spiro atoms. The van der Waals surface area contributed by atoms with E-state index >= 15 is 0 Å². The molecule has 20 heavy (non-hydrogen) atoms. The summed E-state index contributed by atoms with van der Waals surface area (Å²) < 4.78 is 0. The number of hydrogen-bond acceptors (Lipinski definition) is 4. The molecular weight excluding hydrogens is 266 g/mol. The lowest BCUT2D eigenvalue weighted by atomic mass is 10.0. The number of carboxylic acid groups (broad SMARTS) is 1. The fraction of sp³-hybridized carbons (Fsp3) is 0.667. The average molecular weight is 283 g/mol. The van der Waals surface area contributed by atoms with Crippen molar-refractivity contribution in [3.05, 3.63) is 0 Å². The summed E-state index contributed by atoms with van der Waals surface area (Å²) in [5, 5.41) is 11.5. The van der Waals surface area contributed by atoms with E-state index in [1.807, 2.05) is 0 Å². The summed E-state index contributed by atoms with van der Waals surface area (Å²) >= 11 is 0. The van der Waals surface area contributed by atoms with Crippen LogP contribution in [0.25, 0.3) is 0 Å². The van der Waals surface area contributed by atoms with Crippen LogP contribution in [0.15, 0.2) is 0 Å². The molecule has 3 atom stereocenters. The normalized spacial score (nSPS) is 30.0. The van der Waals surface area contributed by atoms with Crippen LogP contribution in [-0.2, 0) is 14.4 Å². The monoisotopic (exact) mass is 283 g/mol. The summed E-state index contributed by atoms with van der Waals surface area (Å²) in [5.41, 5.74) is 0. The molecule has 0 radical (unpaired) electrons. The van der Waals surface area contributed by atoms with Crippen LogP contribution in [0.4, 0.5) is 4.79 Å². The van der Waals surface area contributed by atoms with E-state index in [0.717, 1.165) is 4.90 Å². The molecule has 2 heterocycles. The second-order valence-corrected chi connectivity index (χ2v) is 5.16. The minimum absolute atomic E-state index is 0.0499. The molecule has 0 aromatic rings. The van der Waals surface area contributed by atoms with Crippen molar-refractivity contribution < 1.29 is 24.3 Å². The Morgan fingerprint density at radius 3 is 2.45 bits per heavy atom. The van der Waals surface area contributed by atoms with Gasteiger partial charge in [-0.05, 0) is 13.3 Å². The molecule has 2 rings (SSSR count). The van der Waals surface area contributed by atoms with Crippen LogP contribution in [0.2, 0.25) is 0 Å². The van der Waals surface area contributed by atoms with Gasteiger partial charge in [-0.2, -0.15) is 0 Å². The van der Waals surface area contributed by atoms with Crippen LogP contribution in [-0.4, -0.2) is 64.4 Å². The van der Waals surface area contributed by atoms with Gasteiger partial charge in [0.1, 0.15) is 6.04 Å². The third-order valence-corrected chi connectivity index (χ3v) is 4.01. The highest BCUT2D eigenvalue weighted by atomic mass is 16.4. The minimum Gasteiger partial charge on any atom is -0.481 e. The van der Waals surface area contributed by atoms with E-state index in [1.165, 1.54) is 11.9 Å². The van der Waals surface area contributed by atoms with Crippen LogP contribution >= 0.6 is 0 Å². The molecule has 0 saturated carbocycles. The predicted octanol–water partition coefficient (Wildman–Crippen LogP) is -0.752. The lowest BCUT2D eigenvalue weighted by molar-refractivity contribution is -0.142. The van der Waals surface area contributed by atoms with E-state index in [2.05, 4.69) is 5.32 Å². The summed E-state index contributed by atoms with van der Waals surface area (Å²) in [7, 11) is 1.37. The van der Waals surface area contributed by atoms with Crippen molar-refractivity contribution >= 4 is 23.8 Å². The smallest absolute Gasteiger partial charge is 0.318 e. The summed E-state index contributed by atoms with van der Waals surface area (Å²) in [6, 6.07) is -1.78. The predicted molar refractivity (Wildman–Crippen MR) is 66.6 cm³/mol. The zero-order chi connectivity index (χ0) is 15.0. The summed E-state index contributed by atoms with van der Waals surface area (Å²) in [5.74, 6) is -2.30. The van der Waals surface area contributed by atoms with Crippen molar-refractivity contribution in [1.82, 2.24) is 15.1 Å². The standard InChI is InChI=1S/C12H17N3O5/c1-6-7(11(18)19)3-4-15(6)12(20)13-8-5-9(16)14(2)10(8)17/h6-8H,3-5H2,1-2H3,(H,13,20)(H,18,19). The van der Waals surface area contributed by atoms with Crippen LogP contribution in [0.5, 0.6) is 0 Å². The fourth-order valence-corrected chi connectivity index (χ4v) is 2.66. The maximum absolute atomic E-state index is 12.1. The maximum Gasteiger partial charge on any atom is 0.318 e. The van der Waals surface area contributed by atoms with Gasteiger partial charge < -0.3 is 15.3 Å². The number of nitrogens with zero attached hydrogens (tertiary/aromatic N) is 2. The largest absolute Gasteiger partial charge is 0.481 e. The second-order valence-electron chi connectivity index (χ2n) is 5.16. The molecule has 2 saturated heterocycles. The van der Waals surface area contributed by atoms with Gasteiger partial charge in [0.25, 0.3) is 5.91 Å². The topological polar surface area (TPSA) is 107 Å². The average Bonchev–Trinajstić information content (AvgIpc) is 2.86. The van der Waals surface area contributed by atoms with E-state index in [0.29, 0.717) is 13.0 Å². The molecular formula is C12H17N3O5. The zero-order valence-electron chi connectivity index (χ0n) is 11.3. The molecule has 0 bridgehead atoms. The van der Waals surface area contributed by atoms with Gasteiger partial charge in [-0.1, -0.05) is 0 Å². The lowest BCUT2D eigenvalue weighted by Gasteiger charge is -2.24. The minimum atomic E-state index is -0.931. The Kier molecular flexibility index (Phi) is 3.65. The lowest BCUT2D eigenvalue weighted by Crippen LogP contribution is -2.49. The number of carbonyl (C=O) groups is 4. The molecule has 110 valence electrons. The van der Waals surface area contributed by atoms with Gasteiger partial charge in [0.15, 0.2) is 0 Å². The van der Waals surface area contributed by atoms with Crippen LogP contribution in [0, 0.1) is 5.92 Å². The van der Waals surface area contributed by atoms with Gasteiger partial charge >= 0.3 is 12.0 Å². The fourth-order valence-electron chi connectivity index (χ4n) is 2.66. The molecule has 2 aliphatic rings. The van der Waals surface area contributed by atoms with E-state index in [4.69, 9.17) is 5.11 Å². The number of amides is 4. The van der Waals surface area contributed by atoms with E-state index in [1.54, 1.807) is 6.92 Å². The number of urea groups is 1. The van der Waals surface area contributed by atoms with Gasteiger partial charge in [0.05, 0.1) is 12.3 Å². The van der Waals surface area contributed by atoms with Gasteiger partial charge in [0, 0.05) is 19.6 Å². The molecule has 8 heteroatoms. The molecule has 0 aromatic heterocycles. The molecule has 2 N–H and O–H groups in total. The van der Waals surface area contributed by atoms with Gasteiger partial charge in [0.2, 0.25) is 5.91 Å². The third kappa shape index (κ3) is 2.33. The first-order valence-electron chi connectivity index (χ1n) is 6.43. The first-order chi connectivity index (χ1) is 9.32. The van der Waals surface area contributed by atoms with Crippen molar-refractivity contribution in [2.24, 2.45) is 5.92 Å². The second kappa shape index (κ2) is 5.10. The van der Waals surface area contributed by atoms with Crippen LogP contribution < -0.4 is 5.32 Å². The summed E-state index contributed by atoms with van der Waals surface area (Å²) in [6.07, 6.45) is 0.340. The first-order valence-corrected chi connectivity index (χ1v) is 6.43. The number of hydrogen-bond donors (Lipinski definition) is 2. The van der Waals surface area contributed by atoms with E-state index in [-0.39, 0.29) is 12.3 Å². The third-order valence-electron chi connectivity index (χ3n) is 4.01. The van der Waals surface area contributed by atoms with E-state index < -0.39 is 35.9 Å². The number of aliphatic carboxylic acids is 1. The molecule has 8 nitrogen and oxygen atoms in total. The Balaban J connectivity index is 1.98. The molecule has 3 unspecified atom stereocenters. The summed E-state index contributed by atoms with van der Waals surface area (Å²) in [6.45, 7) is 1.99. The maximum atomic E-state index is 12.1. The van der Waals surface area contributed by atoms with Crippen molar-refractivity contribution in [3.63, 3.8) is 0 Å². The number of rotatable bonds is 2.